The number of halogens is 1. The highest BCUT2D eigenvalue weighted by Gasteiger charge is 2.23. The van der Waals surface area contributed by atoms with Crippen LogP contribution in [0.4, 0.5) is 11.4 Å². The molecular weight excluding hydrogens is 422 g/mol. The Hall–Kier alpha value is -1.81. The summed E-state index contributed by atoms with van der Waals surface area (Å²) in [5, 5.41) is 9.65. The standard InChI is InChI=1S/C18H22ClN3O4S2/c1-2-7-21-8-10-22(11-9-21)15-4-3-13(12-14(15)18(23)24)20-28(25,26)17-6-5-16(19)27-17/h3-6,12,20H,2,7-11H2,1H3,(H,23,24). The zero-order chi connectivity index (χ0) is 20.3. The number of hydrogen-bond acceptors (Lipinski definition) is 6. The van der Waals surface area contributed by atoms with Crippen molar-refractivity contribution in [3.05, 3.63) is 40.2 Å². The number of carbonyl (C=O) groups is 1. The molecule has 28 heavy (non-hydrogen) atoms. The van der Waals surface area contributed by atoms with Gasteiger partial charge in [0, 0.05) is 31.9 Å². The minimum absolute atomic E-state index is 0.0745. The third kappa shape index (κ3) is 4.78. The second kappa shape index (κ2) is 8.69. The molecule has 0 saturated carbocycles. The van der Waals surface area contributed by atoms with Crippen LogP contribution in [0.1, 0.15) is 23.7 Å². The van der Waals surface area contributed by atoms with Crippen LogP contribution in [-0.4, -0.2) is 57.1 Å². The Bertz CT molecular complexity index is 953. The summed E-state index contributed by atoms with van der Waals surface area (Å²) in [6, 6.07) is 7.54. The molecule has 2 aromatic rings. The number of nitrogens with zero attached hydrogens (tertiary/aromatic N) is 2. The molecule has 2 N–H and O–H groups in total. The van der Waals surface area contributed by atoms with Crippen LogP contribution in [0.25, 0.3) is 0 Å². The highest BCUT2D eigenvalue weighted by Crippen LogP contribution is 2.30. The van der Waals surface area contributed by atoms with Crippen LogP contribution in [0, 0.1) is 0 Å². The SMILES string of the molecule is CCCN1CCN(c2ccc(NS(=O)(=O)c3ccc(Cl)s3)cc2C(=O)O)CC1. The van der Waals surface area contributed by atoms with E-state index in [0.717, 1.165) is 50.5 Å². The van der Waals surface area contributed by atoms with Crippen LogP contribution in [0.15, 0.2) is 34.5 Å². The number of nitrogens with one attached hydrogen (secondary N) is 1. The van der Waals surface area contributed by atoms with Gasteiger partial charge in [-0.25, -0.2) is 13.2 Å². The maximum absolute atomic E-state index is 12.5. The molecule has 0 aliphatic carbocycles. The smallest absolute Gasteiger partial charge is 0.337 e. The Morgan fingerprint density at radius 1 is 1.21 bits per heavy atom. The highest BCUT2D eigenvalue weighted by molar-refractivity contribution is 7.94. The molecule has 2 heterocycles. The molecule has 0 atom stereocenters. The van der Waals surface area contributed by atoms with Crippen LogP contribution >= 0.6 is 22.9 Å². The summed E-state index contributed by atoms with van der Waals surface area (Å²) in [7, 11) is -3.82. The molecule has 3 rings (SSSR count). The van der Waals surface area contributed by atoms with E-state index in [2.05, 4.69) is 16.5 Å². The number of carboxylic acid groups (broad SMARTS) is 1. The van der Waals surface area contributed by atoms with Crippen molar-refractivity contribution in [1.29, 1.82) is 0 Å². The lowest BCUT2D eigenvalue weighted by Crippen LogP contribution is -2.47. The van der Waals surface area contributed by atoms with E-state index in [0.29, 0.717) is 10.0 Å². The number of thiophene rings is 1. The second-order valence-corrected chi connectivity index (χ2v) is 10.2. The van der Waals surface area contributed by atoms with E-state index in [9.17, 15) is 18.3 Å². The second-order valence-electron chi connectivity index (χ2n) is 6.53. The van der Waals surface area contributed by atoms with Crippen molar-refractivity contribution in [3.8, 4) is 0 Å². The maximum atomic E-state index is 12.5. The summed E-state index contributed by atoms with van der Waals surface area (Å²) < 4.78 is 27.8. The first-order valence-electron chi connectivity index (χ1n) is 8.93. The van der Waals surface area contributed by atoms with E-state index in [1.54, 1.807) is 12.1 Å². The summed E-state index contributed by atoms with van der Waals surface area (Å²) in [6.45, 7) is 6.39. The van der Waals surface area contributed by atoms with E-state index in [1.807, 2.05) is 4.90 Å². The Kier molecular flexibility index (Phi) is 6.49. The van der Waals surface area contributed by atoms with Gasteiger partial charge in [0.1, 0.15) is 4.21 Å². The van der Waals surface area contributed by atoms with Gasteiger partial charge in [0.2, 0.25) is 0 Å². The minimum atomic E-state index is -3.82. The maximum Gasteiger partial charge on any atom is 0.337 e. The summed E-state index contributed by atoms with van der Waals surface area (Å²) in [5.74, 6) is -1.09. The summed E-state index contributed by atoms with van der Waals surface area (Å²) in [4.78, 5) is 16.2. The molecule has 0 spiro atoms. The molecule has 7 nitrogen and oxygen atoms in total. The number of piperazine rings is 1. The average Bonchev–Trinajstić information content (AvgIpc) is 3.10. The van der Waals surface area contributed by atoms with Crippen LogP contribution in [0.3, 0.4) is 0 Å². The van der Waals surface area contributed by atoms with Gasteiger partial charge in [0.25, 0.3) is 10.0 Å². The zero-order valence-electron chi connectivity index (χ0n) is 15.4. The third-order valence-electron chi connectivity index (χ3n) is 4.55. The van der Waals surface area contributed by atoms with Gasteiger partial charge >= 0.3 is 5.97 Å². The van der Waals surface area contributed by atoms with Gasteiger partial charge in [-0.3, -0.25) is 9.62 Å². The molecular formula is C18H22ClN3O4S2. The van der Waals surface area contributed by atoms with Crippen molar-refractivity contribution in [2.24, 2.45) is 0 Å². The number of hydrogen-bond donors (Lipinski definition) is 2. The van der Waals surface area contributed by atoms with Gasteiger partial charge in [0.05, 0.1) is 15.6 Å². The van der Waals surface area contributed by atoms with Gasteiger partial charge in [-0.15, -0.1) is 11.3 Å². The molecule has 10 heteroatoms. The molecule has 0 bridgehead atoms. The van der Waals surface area contributed by atoms with Gasteiger partial charge < -0.3 is 10.0 Å². The molecule has 152 valence electrons. The highest BCUT2D eigenvalue weighted by atomic mass is 35.5. The van der Waals surface area contributed by atoms with Crippen LogP contribution in [0.2, 0.25) is 4.34 Å². The lowest BCUT2D eigenvalue weighted by molar-refractivity contribution is 0.0697. The van der Waals surface area contributed by atoms with Crippen LogP contribution in [0.5, 0.6) is 0 Å². The minimum Gasteiger partial charge on any atom is -0.478 e. The normalized spacial score (nSPS) is 15.6. The van der Waals surface area contributed by atoms with Crippen molar-refractivity contribution in [1.82, 2.24) is 4.90 Å². The lowest BCUT2D eigenvalue weighted by Gasteiger charge is -2.36. The molecule has 1 aromatic heterocycles. The Morgan fingerprint density at radius 3 is 2.50 bits per heavy atom. The first-order chi connectivity index (χ1) is 13.3. The van der Waals surface area contributed by atoms with Gasteiger partial charge in [-0.05, 0) is 43.3 Å². The topological polar surface area (TPSA) is 90.0 Å². The molecule has 0 amide bonds. The Labute approximate surface area is 173 Å². The molecule has 0 unspecified atom stereocenters. The Morgan fingerprint density at radius 2 is 1.93 bits per heavy atom. The zero-order valence-corrected chi connectivity index (χ0v) is 17.8. The molecule has 1 aliphatic rings. The van der Waals surface area contributed by atoms with Crippen molar-refractivity contribution in [2.75, 3.05) is 42.3 Å². The third-order valence-corrected chi connectivity index (χ3v) is 7.65. The lowest BCUT2D eigenvalue weighted by atomic mass is 10.1. The van der Waals surface area contributed by atoms with Crippen LogP contribution < -0.4 is 9.62 Å². The molecule has 1 aromatic carbocycles. The van der Waals surface area contributed by atoms with E-state index >= 15 is 0 Å². The van der Waals surface area contributed by atoms with Crippen molar-refractivity contribution >= 4 is 50.3 Å². The predicted molar refractivity (Wildman–Crippen MR) is 112 cm³/mol. The first kappa shape index (κ1) is 20.9. The van der Waals surface area contributed by atoms with Gasteiger partial charge in [-0.2, -0.15) is 0 Å². The van der Waals surface area contributed by atoms with Gasteiger partial charge in [0.15, 0.2) is 0 Å². The summed E-state index contributed by atoms with van der Waals surface area (Å²) in [6.07, 6.45) is 1.09. The van der Waals surface area contributed by atoms with E-state index < -0.39 is 16.0 Å². The van der Waals surface area contributed by atoms with Crippen molar-refractivity contribution < 1.29 is 18.3 Å². The fraction of sp³-hybridized carbons (Fsp3) is 0.389. The Balaban J connectivity index is 1.81. The predicted octanol–water partition coefficient (Wildman–Crippen LogP) is 3.43. The van der Waals surface area contributed by atoms with Crippen molar-refractivity contribution in [2.45, 2.75) is 17.6 Å². The number of sulfonamides is 1. The summed E-state index contributed by atoms with van der Waals surface area (Å²) in [5.41, 5.74) is 0.884. The largest absolute Gasteiger partial charge is 0.478 e. The van der Waals surface area contributed by atoms with E-state index in [-0.39, 0.29) is 15.5 Å². The molecule has 1 fully saturated rings. The number of aromatic carboxylic acids is 1. The first-order valence-corrected chi connectivity index (χ1v) is 11.6. The number of rotatable bonds is 7. The van der Waals surface area contributed by atoms with Crippen molar-refractivity contribution in [3.63, 3.8) is 0 Å². The molecule has 1 aliphatic heterocycles. The average molecular weight is 444 g/mol. The van der Waals surface area contributed by atoms with E-state index in [4.69, 9.17) is 11.6 Å². The van der Waals surface area contributed by atoms with Crippen LogP contribution in [-0.2, 0) is 10.0 Å². The fourth-order valence-electron chi connectivity index (χ4n) is 3.22. The number of carboxylic acids is 1. The monoisotopic (exact) mass is 443 g/mol. The molecule has 1 saturated heterocycles. The van der Waals surface area contributed by atoms with E-state index in [1.165, 1.54) is 18.2 Å². The quantitative estimate of drug-likeness (QED) is 0.681. The number of anilines is 2. The molecule has 0 radical (unpaired) electrons. The fourth-order valence-corrected chi connectivity index (χ4v) is 5.75. The number of benzene rings is 1. The van der Waals surface area contributed by atoms with Gasteiger partial charge in [-0.1, -0.05) is 18.5 Å². The summed E-state index contributed by atoms with van der Waals surface area (Å²) >= 11 is 6.75.